The molecule has 2 aromatic carbocycles. The van der Waals surface area contributed by atoms with Gasteiger partial charge in [-0.25, -0.2) is 9.59 Å². The van der Waals surface area contributed by atoms with Crippen molar-refractivity contribution in [3.8, 4) is 5.75 Å². The zero-order valence-corrected chi connectivity index (χ0v) is 20.0. The van der Waals surface area contributed by atoms with Gasteiger partial charge in [-0.15, -0.1) is 0 Å². The van der Waals surface area contributed by atoms with Crippen molar-refractivity contribution in [2.45, 2.75) is 39.5 Å². The number of ether oxygens (including phenoxy) is 2. The number of urea groups is 1. The maximum absolute atomic E-state index is 12.7. The lowest BCUT2D eigenvalue weighted by Crippen LogP contribution is -2.40. The SMILES string of the molecule is CCOC(Cc1ccc(OCCN(CC(C)C)C(=O)Nc2ccc(C(F)(F)F)cc2)cc1)C(=O)O. The maximum atomic E-state index is 12.7. The number of rotatable bonds is 12. The van der Waals surface area contributed by atoms with E-state index in [1.807, 2.05) is 13.8 Å². The number of carboxylic acid groups (broad SMARTS) is 1. The summed E-state index contributed by atoms with van der Waals surface area (Å²) in [6.07, 6.45) is -5.13. The summed E-state index contributed by atoms with van der Waals surface area (Å²) in [5, 5.41) is 11.8. The largest absolute Gasteiger partial charge is 0.492 e. The number of anilines is 1. The van der Waals surface area contributed by atoms with Crippen molar-refractivity contribution < 1.29 is 37.3 Å². The van der Waals surface area contributed by atoms with Gasteiger partial charge in [-0.05, 0) is 54.8 Å². The number of nitrogens with one attached hydrogen (secondary N) is 1. The molecule has 2 N–H and O–H groups in total. The van der Waals surface area contributed by atoms with Gasteiger partial charge in [-0.1, -0.05) is 26.0 Å². The molecule has 10 heteroatoms. The molecule has 192 valence electrons. The number of carbonyl (C=O) groups excluding carboxylic acids is 1. The van der Waals surface area contributed by atoms with Crippen LogP contribution in [0.15, 0.2) is 48.5 Å². The number of alkyl halides is 3. The topological polar surface area (TPSA) is 88.1 Å². The summed E-state index contributed by atoms with van der Waals surface area (Å²) in [5.41, 5.74) is 0.265. The molecule has 0 saturated carbocycles. The first-order chi connectivity index (χ1) is 16.5. The van der Waals surface area contributed by atoms with E-state index in [1.54, 1.807) is 31.2 Å². The fourth-order valence-corrected chi connectivity index (χ4v) is 3.29. The van der Waals surface area contributed by atoms with E-state index in [0.29, 0.717) is 18.9 Å². The molecule has 0 heterocycles. The lowest BCUT2D eigenvalue weighted by Gasteiger charge is -2.25. The van der Waals surface area contributed by atoms with Gasteiger partial charge in [0.15, 0.2) is 6.10 Å². The molecule has 0 aliphatic rings. The smallest absolute Gasteiger partial charge is 0.416 e. The first-order valence-corrected chi connectivity index (χ1v) is 11.3. The van der Waals surface area contributed by atoms with Gasteiger partial charge in [0.2, 0.25) is 0 Å². The van der Waals surface area contributed by atoms with Crippen molar-refractivity contribution >= 4 is 17.7 Å². The Morgan fingerprint density at radius 2 is 1.69 bits per heavy atom. The molecule has 1 unspecified atom stereocenters. The van der Waals surface area contributed by atoms with E-state index in [1.165, 1.54) is 17.0 Å². The molecule has 0 radical (unpaired) electrons. The molecule has 2 amide bonds. The molecular weight excluding hydrogens is 465 g/mol. The van der Waals surface area contributed by atoms with Gasteiger partial charge in [-0.2, -0.15) is 13.2 Å². The standard InChI is InChI=1S/C25H31F3N2O5/c1-4-34-22(23(31)32)15-18-5-11-21(12-6-18)35-14-13-30(16-17(2)3)24(33)29-20-9-7-19(8-10-20)25(26,27)28/h5-12,17,22H,4,13-16H2,1-3H3,(H,29,33)(H,31,32). The third kappa shape index (κ3) is 9.48. The lowest BCUT2D eigenvalue weighted by molar-refractivity contribution is -0.150. The van der Waals surface area contributed by atoms with Crippen LogP contribution < -0.4 is 10.1 Å². The fourth-order valence-electron chi connectivity index (χ4n) is 3.29. The molecule has 0 spiro atoms. The van der Waals surface area contributed by atoms with Crippen LogP contribution in [0.5, 0.6) is 5.75 Å². The Bertz CT molecular complexity index is 947. The normalized spacial score (nSPS) is 12.3. The Morgan fingerprint density at radius 1 is 1.06 bits per heavy atom. The molecule has 2 aromatic rings. The Kier molecular flexibility index (Phi) is 10.4. The minimum Gasteiger partial charge on any atom is -0.492 e. The molecule has 35 heavy (non-hydrogen) atoms. The molecule has 0 aliphatic heterocycles. The van der Waals surface area contributed by atoms with Crippen LogP contribution in [-0.2, 0) is 22.1 Å². The zero-order chi connectivity index (χ0) is 26.0. The highest BCUT2D eigenvalue weighted by Crippen LogP contribution is 2.29. The molecule has 0 bridgehead atoms. The number of hydrogen-bond acceptors (Lipinski definition) is 4. The molecule has 0 fully saturated rings. The van der Waals surface area contributed by atoms with Crippen LogP contribution in [0.1, 0.15) is 31.9 Å². The van der Waals surface area contributed by atoms with Crippen molar-refractivity contribution in [2.75, 3.05) is 31.6 Å². The van der Waals surface area contributed by atoms with E-state index in [4.69, 9.17) is 9.47 Å². The highest BCUT2D eigenvalue weighted by Gasteiger charge is 2.30. The van der Waals surface area contributed by atoms with Gasteiger partial charge >= 0.3 is 18.2 Å². The molecule has 7 nitrogen and oxygen atoms in total. The Balaban J connectivity index is 1.92. The Labute approximate surface area is 202 Å². The van der Waals surface area contributed by atoms with Crippen LogP contribution >= 0.6 is 0 Å². The molecule has 0 aromatic heterocycles. The quantitative estimate of drug-likeness (QED) is 0.416. The van der Waals surface area contributed by atoms with Crippen LogP contribution in [-0.4, -0.2) is 54.4 Å². The van der Waals surface area contributed by atoms with E-state index >= 15 is 0 Å². The van der Waals surface area contributed by atoms with Crippen LogP contribution in [0.3, 0.4) is 0 Å². The summed E-state index contributed by atoms with van der Waals surface area (Å²) in [6, 6.07) is 10.8. The summed E-state index contributed by atoms with van der Waals surface area (Å²) in [7, 11) is 0. The molecule has 1 atom stereocenters. The number of aliphatic carboxylic acids is 1. The summed E-state index contributed by atoms with van der Waals surface area (Å²) in [6.45, 7) is 6.83. The lowest BCUT2D eigenvalue weighted by atomic mass is 10.1. The predicted molar refractivity (Wildman–Crippen MR) is 126 cm³/mol. The van der Waals surface area contributed by atoms with Gasteiger partial charge in [0.05, 0.1) is 12.1 Å². The van der Waals surface area contributed by atoms with Gasteiger partial charge in [0, 0.05) is 25.3 Å². The number of carbonyl (C=O) groups is 2. The molecule has 0 aliphatic carbocycles. The van der Waals surface area contributed by atoms with E-state index < -0.39 is 29.8 Å². The first kappa shape index (κ1) is 28.0. The summed E-state index contributed by atoms with van der Waals surface area (Å²) in [4.78, 5) is 25.5. The van der Waals surface area contributed by atoms with E-state index in [2.05, 4.69) is 5.32 Å². The number of amides is 2. The zero-order valence-electron chi connectivity index (χ0n) is 20.0. The average molecular weight is 497 g/mol. The highest BCUT2D eigenvalue weighted by molar-refractivity contribution is 5.89. The Morgan fingerprint density at radius 3 is 2.20 bits per heavy atom. The number of hydrogen-bond donors (Lipinski definition) is 2. The highest BCUT2D eigenvalue weighted by atomic mass is 19.4. The van der Waals surface area contributed by atoms with E-state index in [0.717, 1.165) is 17.7 Å². The minimum atomic E-state index is -4.44. The van der Waals surface area contributed by atoms with Crippen LogP contribution in [0.4, 0.5) is 23.7 Å². The minimum absolute atomic E-state index is 0.167. The van der Waals surface area contributed by atoms with Crippen LogP contribution in [0, 0.1) is 5.92 Å². The first-order valence-electron chi connectivity index (χ1n) is 11.3. The van der Waals surface area contributed by atoms with Gasteiger partial charge in [-0.3, -0.25) is 0 Å². The van der Waals surface area contributed by atoms with Gasteiger partial charge in [0.25, 0.3) is 0 Å². The van der Waals surface area contributed by atoms with Crippen molar-refractivity contribution in [3.05, 3.63) is 59.7 Å². The molecule has 0 saturated heterocycles. The van der Waals surface area contributed by atoms with Crippen molar-refractivity contribution in [3.63, 3.8) is 0 Å². The van der Waals surface area contributed by atoms with Crippen molar-refractivity contribution in [1.29, 1.82) is 0 Å². The second kappa shape index (κ2) is 13.0. The van der Waals surface area contributed by atoms with Crippen molar-refractivity contribution in [1.82, 2.24) is 4.90 Å². The van der Waals surface area contributed by atoms with Crippen LogP contribution in [0.2, 0.25) is 0 Å². The summed E-state index contributed by atoms with van der Waals surface area (Å²) >= 11 is 0. The number of benzene rings is 2. The van der Waals surface area contributed by atoms with E-state index in [-0.39, 0.29) is 31.2 Å². The molecule has 2 rings (SSSR count). The number of carboxylic acids is 1. The molecular formula is C25H31F3N2O5. The van der Waals surface area contributed by atoms with Crippen LogP contribution in [0.25, 0.3) is 0 Å². The summed E-state index contributed by atoms with van der Waals surface area (Å²) < 4.78 is 49.2. The summed E-state index contributed by atoms with van der Waals surface area (Å²) in [5.74, 6) is -0.295. The monoisotopic (exact) mass is 496 g/mol. The Hall–Kier alpha value is -3.27. The average Bonchev–Trinajstić information content (AvgIpc) is 2.78. The maximum Gasteiger partial charge on any atom is 0.416 e. The number of nitrogens with zero attached hydrogens (tertiary/aromatic N) is 1. The third-order valence-electron chi connectivity index (χ3n) is 4.95. The number of halogens is 3. The third-order valence-corrected chi connectivity index (χ3v) is 4.95. The van der Waals surface area contributed by atoms with Gasteiger partial charge in [0.1, 0.15) is 12.4 Å². The van der Waals surface area contributed by atoms with E-state index in [9.17, 15) is 27.9 Å². The second-order valence-electron chi connectivity index (χ2n) is 8.32. The van der Waals surface area contributed by atoms with Gasteiger partial charge < -0.3 is 24.8 Å². The predicted octanol–water partition coefficient (Wildman–Crippen LogP) is 5.31. The second-order valence-corrected chi connectivity index (χ2v) is 8.32. The fraction of sp³-hybridized carbons (Fsp3) is 0.440. The van der Waals surface area contributed by atoms with Crippen molar-refractivity contribution in [2.24, 2.45) is 5.92 Å².